The van der Waals surface area contributed by atoms with Gasteiger partial charge in [0.1, 0.15) is 12.2 Å². The second-order valence-electron chi connectivity index (χ2n) is 4.94. The van der Waals surface area contributed by atoms with Crippen molar-refractivity contribution in [3.8, 4) is 0 Å². The summed E-state index contributed by atoms with van der Waals surface area (Å²) in [7, 11) is 0. The Morgan fingerprint density at radius 1 is 1.37 bits per heavy atom. The summed E-state index contributed by atoms with van der Waals surface area (Å²) in [6.07, 6.45) is 0.975. The van der Waals surface area contributed by atoms with Crippen LogP contribution in [0.1, 0.15) is 33.4 Å². The lowest BCUT2D eigenvalue weighted by molar-refractivity contribution is -0.142. The number of esters is 1. The minimum absolute atomic E-state index is 0.0686. The highest BCUT2D eigenvalue weighted by atomic mass is 16.6. The normalized spacial score (nSPS) is 10.7. The molecule has 0 bridgehead atoms. The summed E-state index contributed by atoms with van der Waals surface area (Å²) < 4.78 is 9.95. The van der Waals surface area contributed by atoms with Gasteiger partial charge in [0.15, 0.2) is 0 Å². The third kappa shape index (κ3) is 6.40. The summed E-state index contributed by atoms with van der Waals surface area (Å²) in [6, 6.07) is 3.24. The summed E-state index contributed by atoms with van der Waals surface area (Å²) in [4.78, 5) is 26.3. The molecule has 0 saturated carbocycles. The van der Waals surface area contributed by atoms with Gasteiger partial charge in [0.2, 0.25) is 0 Å². The van der Waals surface area contributed by atoms with Crippen LogP contribution in [0.5, 0.6) is 0 Å². The molecule has 6 heteroatoms. The number of ether oxygens (including phenoxy) is 2. The van der Waals surface area contributed by atoms with Crippen LogP contribution in [0, 0.1) is 0 Å². The Morgan fingerprint density at radius 2 is 2.05 bits per heavy atom. The van der Waals surface area contributed by atoms with Gasteiger partial charge >= 0.3 is 12.1 Å². The monoisotopic (exact) mass is 266 g/mol. The number of rotatable bonds is 3. The van der Waals surface area contributed by atoms with Crippen molar-refractivity contribution in [1.29, 1.82) is 0 Å². The van der Waals surface area contributed by atoms with Gasteiger partial charge in [-0.15, -0.1) is 0 Å². The first-order chi connectivity index (χ1) is 8.76. The first-order valence-corrected chi connectivity index (χ1v) is 5.84. The predicted molar refractivity (Wildman–Crippen MR) is 69.6 cm³/mol. The van der Waals surface area contributed by atoms with Gasteiger partial charge in [-0.25, -0.2) is 4.79 Å². The molecule has 19 heavy (non-hydrogen) atoms. The number of pyridine rings is 1. The molecule has 1 aromatic heterocycles. The van der Waals surface area contributed by atoms with Crippen LogP contribution < -0.4 is 5.32 Å². The molecule has 0 saturated heterocycles. The molecule has 0 fully saturated rings. The standard InChI is InChI=1S/C13H18N2O4/c1-9(16)18-8-11-7-10(5-6-14-11)15-12(17)19-13(2,3)4/h5-7H,8H2,1-4H3,(H,14,15,17). The van der Waals surface area contributed by atoms with Crippen molar-refractivity contribution in [1.82, 2.24) is 4.98 Å². The summed E-state index contributed by atoms with van der Waals surface area (Å²) >= 11 is 0. The molecule has 0 aliphatic carbocycles. The first kappa shape index (κ1) is 14.9. The highest BCUT2D eigenvalue weighted by Crippen LogP contribution is 2.12. The third-order valence-electron chi connectivity index (χ3n) is 1.89. The molecule has 104 valence electrons. The topological polar surface area (TPSA) is 77.5 Å². The Morgan fingerprint density at radius 3 is 2.63 bits per heavy atom. The van der Waals surface area contributed by atoms with Gasteiger partial charge < -0.3 is 9.47 Å². The molecular formula is C13H18N2O4. The lowest BCUT2D eigenvalue weighted by Gasteiger charge is -2.19. The minimum atomic E-state index is -0.558. The van der Waals surface area contributed by atoms with E-state index < -0.39 is 11.7 Å². The van der Waals surface area contributed by atoms with Crippen LogP contribution >= 0.6 is 0 Å². The van der Waals surface area contributed by atoms with Crippen molar-refractivity contribution in [3.05, 3.63) is 24.0 Å². The average Bonchev–Trinajstić information content (AvgIpc) is 2.24. The largest absolute Gasteiger partial charge is 0.459 e. The SMILES string of the molecule is CC(=O)OCc1cc(NC(=O)OC(C)(C)C)ccn1. The van der Waals surface area contributed by atoms with Crippen molar-refractivity contribution in [3.63, 3.8) is 0 Å². The lowest BCUT2D eigenvalue weighted by atomic mass is 10.2. The fraction of sp³-hybridized carbons (Fsp3) is 0.462. The zero-order valence-electron chi connectivity index (χ0n) is 11.5. The predicted octanol–water partition coefficient (Wildman–Crippen LogP) is 2.49. The van der Waals surface area contributed by atoms with E-state index in [-0.39, 0.29) is 12.6 Å². The van der Waals surface area contributed by atoms with E-state index in [0.717, 1.165) is 0 Å². The number of nitrogens with zero attached hydrogens (tertiary/aromatic N) is 1. The van der Waals surface area contributed by atoms with E-state index >= 15 is 0 Å². The van der Waals surface area contributed by atoms with Gasteiger partial charge in [-0.3, -0.25) is 15.1 Å². The van der Waals surface area contributed by atoms with Gasteiger partial charge in [0, 0.05) is 18.8 Å². The van der Waals surface area contributed by atoms with Gasteiger partial charge in [-0.05, 0) is 32.9 Å². The molecule has 0 spiro atoms. The zero-order chi connectivity index (χ0) is 14.5. The number of amides is 1. The van der Waals surface area contributed by atoms with Crippen molar-refractivity contribution < 1.29 is 19.1 Å². The van der Waals surface area contributed by atoms with Crippen LogP contribution in [-0.4, -0.2) is 22.6 Å². The number of carbonyl (C=O) groups is 2. The summed E-state index contributed by atoms with van der Waals surface area (Å²) in [5.74, 6) is -0.382. The molecular weight excluding hydrogens is 248 g/mol. The zero-order valence-corrected chi connectivity index (χ0v) is 11.5. The molecule has 1 rings (SSSR count). The molecule has 0 aromatic carbocycles. The third-order valence-corrected chi connectivity index (χ3v) is 1.89. The Kier molecular flexibility index (Phi) is 4.86. The first-order valence-electron chi connectivity index (χ1n) is 5.84. The molecule has 0 radical (unpaired) electrons. The fourth-order valence-corrected chi connectivity index (χ4v) is 1.23. The Hall–Kier alpha value is -2.11. The maximum Gasteiger partial charge on any atom is 0.412 e. The average molecular weight is 266 g/mol. The van der Waals surface area contributed by atoms with Gasteiger partial charge in [0.25, 0.3) is 0 Å². The van der Waals surface area contributed by atoms with E-state index in [1.807, 2.05) is 0 Å². The molecule has 0 aliphatic rings. The van der Waals surface area contributed by atoms with E-state index in [1.54, 1.807) is 32.9 Å². The summed E-state index contributed by atoms with van der Waals surface area (Å²) in [5.41, 5.74) is 0.521. The second-order valence-corrected chi connectivity index (χ2v) is 4.94. The van der Waals surface area contributed by atoms with Gasteiger partial charge in [-0.1, -0.05) is 0 Å². The van der Waals surface area contributed by atoms with Crippen molar-refractivity contribution in [2.75, 3.05) is 5.32 Å². The molecule has 1 N–H and O–H groups in total. The number of nitrogens with one attached hydrogen (secondary N) is 1. The Balaban J connectivity index is 2.61. The smallest absolute Gasteiger partial charge is 0.412 e. The van der Waals surface area contributed by atoms with Crippen LogP contribution in [0.2, 0.25) is 0 Å². The van der Waals surface area contributed by atoms with E-state index in [1.165, 1.54) is 13.1 Å². The summed E-state index contributed by atoms with van der Waals surface area (Å²) in [5, 5.41) is 2.58. The maximum absolute atomic E-state index is 11.6. The van der Waals surface area contributed by atoms with Gasteiger partial charge in [0.05, 0.1) is 5.69 Å². The highest BCUT2D eigenvalue weighted by molar-refractivity contribution is 5.84. The van der Waals surface area contributed by atoms with Crippen LogP contribution in [0.4, 0.5) is 10.5 Å². The van der Waals surface area contributed by atoms with E-state index in [9.17, 15) is 9.59 Å². The number of anilines is 1. The quantitative estimate of drug-likeness (QED) is 0.850. The van der Waals surface area contributed by atoms with Crippen molar-refractivity contribution in [2.45, 2.75) is 39.9 Å². The molecule has 0 unspecified atom stereocenters. The highest BCUT2D eigenvalue weighted by Gasteiger charge is 2.16. The number of carbonyl (C=O) groups excluding carboxylic acids is 2. The number of aromatic nitrogens is 1. The molecule has 1 heterocycles. The number of hydrogen-bond acceptors (Lipinski definition) is 5. The molecule has 0 atom stereocenters. The van der Waals surface area contributed by atoms with Crippen LogP contribution in [-0.2, 0) is 20.9 Å². The Bertz CT molecular complexity index is 466. The molecule has 6 nitrogen and oxygen atoms in total. The van der Waals surface area contributed by atoms with Crippen molar-refractivity contribution >= 4 is 17.7 Å². The lowest BCUT2D eigenvalue weighted by Crippen LogP contribution is -2.27. The summed E-state index contributed by atoms with van der Waals surface area (Å²) in [6.45, 7) is 6.74. The molecule has 1 aromatic rings. The van der Waals surface area contributed by atoms with Crippen LogP contribution in [0.15, 0.2) is 18.3 Å². The van der Waals surface area contributed by atoms with Crippen LogP contribution in [0.3, 0.4) is 0 Å². The van der Waals surface area contributed by atoms with Gasteiger partial charge in [-0.2, -0.15) is 0 Å². The molecule has 0 aliphatic heterocycles. The fourth-order valence-electron chi connectivity index (χ4n) is 1.23. The van der Waals surface area contributed by atoms with E-state index in [0.29, 0.717) is 11.4 Å². The van der Waals surface area contributed by atoms with Crippen molar-refractivity contribution in [2.24, 2.45) is 0 Å². The second kappa shape index (κ2) is 6.17. The van der Waals surface area contributed by atoms with E-state index in [4.69, 9.17) is 9.47 Å². The number of hydrogen-bond donors (Lipinski definition) is 1. The van der Waals surface area contributed by atoms with E-state index in [2.05, 4.69) is 10.3 Å². The minimum Gasteiger partial charge on any atom is -0.459 e. The molecule has 1 amide bonds. The Labute approximate surface area is 112 Å². The van der Waals surface area contributed by atoms with Crippen LogP contribution in [0.25, 0.3) is 0 Å². The maximum atomic E-state index is 11.6.